The van der Waals surface area contributed by atoms with Gasteiger partial charge in [-0.25, -0.2) is 0 Å². The maximum absolute atomic E-state index is 11.7. The first kappa shape index (κ1) is 26.2. The normalized spacial score (nSPS) is 15.7. The molecule has 3 aromatic rings. The predicted molar refractivity (Wildman–Crippen MR) is 139 cm³/mol. The van der Waals surface area contributed by atoms with Gasteiger partial charge in [-0.3, -0.25) is 9.11 Å². The van der Waals surface area contributed by atoms with Crippen LogP contribution in [0.25, 0.3) is 16.3 Å². The van der Waals surface area contributed by atoms with Crippen LogP contribution in [0.3, 0.4) is 0 Å². The number of aromatic nitrogens is 1. The number of halogens is 3. The van der Waals surface area contributed by atoms with Crippen LogP contribution in [-0.4, -0.2) is 38.9 Å². The minimum atomic E-state index is -4.41. The van der Waals surface area contributed by atoms with E-state index in [9.17, 15) is 25.9 Å². The van der Waals surface area contributed by atoms with Crippen molar-refractivity contribution in [2.75, 3.05) is 22.7 Å². The fourth-order valence-corrected chi connectivity index (χ4v) is 6.47. The molecule has 0 radical (unpaired) electrons. The van der Waals surface area contributed by atoms with Crippen molar-refractivity contribution in [3.8, 4) is 0 Å². The van der Waals surface area contributed by atoms with Gasteiger partial charge in [-0.1, -0.05) is 52.2 Å². The zero-order chi connectivity index (χ0) is 25.7. The molecule has 0 atom stereocenters. The lowest BCUT2D eigenvalue weighted by atomic mass is 10.2. The Labute approximate surface area is 220 Å². The lowest BCUT2D eigenvalue weighted by molar-refractivity contribution is -0.649. The molecule has 1 aliphatic rings. The van der Waals surface area contributed by atoms with Gasteiger partial charge in [0, 0.05) is 24.2 Å². The lowest BCUT2D eigenvalue weighted by Gasteiger charge is -2.21. The molecule has 35 heavy (non-hydrogen) atoms. The Balaban J connectivity index is 1.79. The van der Waals surface area contributed by atoms with Crippen LogP contribution in [0.1, 0.15) is 5.01 Å². The second-order valence-corrected chi connectivity index (χ2v) is 12.7. The van der Waals surface area contributed by atoms with Crippen LogP contribution in [0.4, 0.5) is 11.4 Å². The van der Waals surface area contributed by atoms with Crippen molar-refractivity contribution in [3.63, 3.8) is 0 Å². The molecule has 15 heteroatoms. The highest BCUT2D eigenvalue weighted by molar-refractivity contribution is 7.85. The van der Waals surface area contributed by atoms with Crippen molar-refractivity contribution in [2.45, 2.75) is 5.88 Å². The average molecular weight is 598 g/mol. The molecule has 1 aliphatic heterocycles. The van der Waals surface area contributed by atoms with Gasteiger partial charge in [0.2, 0.25) is 5.52 Å². The smallest absolute Gasteiger partial charge is 0.326 e. The SMILES string of the molecule is CN1C(=CC=Cc2sc3ccc(Cl)cc3[n+]2CS(=O)(=O)O)N(CS(=O)(=O)O)c2cc(Cl)c(Cl)cc21. The topological polar surface area (TPSA) is 119 Å². The molecular weight excluding hydrogens is 581 g/mol. The Morgan fingerprint density at radius 1 is 1.00 bits per heavy atom. The number of fused-ring (bicyclic) bond motifs is 2. The number of nitrogens with zero attached hydrogens (tertiary/aromatic N) is 3. The zero-order valence-electron chi connectivity index (χ0n) is 17.8. The van der Waals surface area contributed by atoms with Gasteiger partial charge >= 0.3 is 10.1 Å². The summed E-state index contributed by atoms with van der Waals surface area (Å²) in [6, 6.07) is 8.08. The summed E-state index contributed by atoms with van der Waals surface area (Å²) in [4.78, 5) is 3.03. The fraction of sp³-hybridized carbons (Fsp3) is 0.150. The molecule has 2 N–H and O–H groups in total. The Morgan fingerprint density at radius 2 is 1.66 bits per heavy atom. The third-order valence-electron chi connectivity index (χ3n) is 5.05. The number of thiazole rings is 1. The first-order valence-electron chi connectivity index (χ1n) is 9.64. The number of allylic oxidation sites excluding steroid dienone is 2. The van der Waals surface area contributed by atoms with Gasteiger partial charge in [-0.05, 0) is 30.3 Å². The Hall–Kier alpha value is -1.90. The van der Waals surface area contributed by atoms with Gasteiger partial charge < -0.3 is 9.80 Å². The minimum Gasteiger partial charge on any atom is -0.329 e. The third-order valence-corrected chi connectivity index (χ3v) is 8.31. The summed E-state index contributed by atoms with van der Waals surface area (Å²) >= 11 is 19.6. The maximum atomic E-state index is 11.7. The first-order chi connectivity index (χ1) is 16.2. The second kappa shape index (κ2) is 9.52. The van der Waals surface area contributed by atoms with Crippen molar-refractivity contribution in [3.05, 3.63) is 68.4 Å². The molecule has 0 fully saturated rings. The van der Waals surface area contributed by atoms with Gasteiger partial charge in [-0.15, -0.1) is 0 Å². The van der Waals surface area contributed by atoms with Gasteiger partial charge in [0.25, 0.3) is 21.0 Å². The van der Waals surface area contributed by atoms with Crippen LogP contribution in [0, 0.1) is 0 Å². The van der Waals surface area contributed by atoms with Crippen molar-refractivity contribution in [1.82, 2.24) is 0 Å². The Morgan fingerprint density at radius 3 is 2.29 bits per heavy atom. The van der Waals surface area contributed by atoms with Crippen LogP contribution < -0.4 is 14.4 Å². The fourth-order valence-electron chi connectivity index (χ4n) is 3.65. The molecule has 0 spiro atoms. The third kappa shape index (κ3) is 5.75. The number of hydrogen-bond acceptors (Lipinski definition) is 7. The maximum Gasteiger partial charge on any atom is 0.326 e. The summed E-state index contributed by atoms with van der Waals surface area (Å²) in [5.74, 6) is -1.02. The summed E-state index contributed by atoms with van der Waals surface area (Å²) in [6.07, 6.45) is 4.78. The molecule has 0 unspecified atom stereocenters. The predicted octanol–water partition coefficient (Wildman–Crippen LogP) is 4.65. The monoisotopic (exact) mass is 596 g/mol. The van der Waals surface area contributed by atoms with E-state index in [1.807, 2.05) is 0 Å². The van der Waals surface area contributed by atoms with E-state index in [1.54, 1.807) is 54.4 Å². The average Bonchev–Trinajstić information content (AvgIpc) is 3.16. The molecule has 1 aromatic heterocycles. The van der Waals surface area contributed by atoms with Gasteiger partial charge in [0.15, 0.2) is 5.88 Å². The van der Waals surface area contributed by atoms with E-state index in [1.165, 1.54) is 26.9 Å². The largest absolute Gasteiger partial charge is 0.329 e. The molecule has 2 heterocycles. The summed E-state index contributed by atoms with van der Waals surface area (Å²) in [5, 5.41) is 1.38. The van der Waals surface area contributed by atoms with Gasteiger partial charge in [-0.2, -0.15) is 21.4 Å². The molecule has 2 aromatic carbocycles. The van der Waals surface area contributed by atoms with Gasteiger partial charge in [0.05, 0.1) is 21.4 Å². The number of hydrogen-bond donors (Lipinski definition) is 2. The summed E-state index contributed by atoms with van der Waals surface area (Å²) < 4.78 is 67.7. The Bertz CT molecular complexity index is 1620. The van der Waals surface area contributed by atoms with Crippen molar-refractivity contribution >= 4 is 94.0 Å². The molecule has 0 aliphatic carbocycles. The number of benzene rings is 2. The van der Waals surface area contributed by atoms with Crippen LogP contribution in [-0.2, 0) is 26.1 Å². The minimum absolute atomic E-state index is 0.214. The van der Waals surface area contributed by atoms with E-state index in [2.05, 4.69) is 0 Å². The highest BCUT2D eigenvalue weighted by Gasteiger charge is 2.32. The highest BCUT2D eigenvalue weighted by Crippen LogP contribution is 2.45. The summed E-state index contributed by atoms with van der Waals surface area (Å²) in [6.45, 7) is 0. The van der Waals surface area contributed by atoms with Gasteiger partial charge in [0.1, 0.15) is 10.5 Å². The molecule has 0 bridgehead atoms. The van der Waals surface area contributed by atoms with E-state index in [0.717, 1.165) is 4.70 Å². The standard InChI is InChI=1S/C20H16Cl3N3O6S3/c1-24-15-8-13(22)14(23)9-16(15)25(10-34(27,28)29)19(24)3-2-4-20-26(11-35(30,31)32)17-7-12(21)5-6-18(17)33-20/h2-9H,10-11H2,1H3,(H-,27,28,29,30,31,32)/p+1. The summed E-state index contributed by atoms with van der Waals surface area (Å²) in [5.41, 5.74) is 1.52. The van der Waals surface area contributed by atoms with Crippen LogP contribution in [0.2, 0.25) is 15.1 Å². The Kier molecular flexibility index (Phi) is 7.12. The van der Waals surface area contributed by atoms with Crippen molar-refractivity contribution < 1.29 is 30.5 Å². The summed E-state index contributed by atoms with van der Waals surface area (Å²) in [7, 11) is -7.07. The van der Waals surface area contributed by atoms with Crippen molar-refractivity contribution in [1.29, 1.82) is 0 Å². The number of anilines is 2. The van der Waals surface area contributed by atoms with Crippen LogP contribution >= 0.6 is 46.1 Å². The van der Waals surface area contributed by atoms with Crippen LogP contribution in [0.15, 0.2) is 48.3 Å². The van der Waals surface area contributed by atoms with E-state index in [0.29, 0.717) is 32.7 Å². The quantitative estimate of drug-likeness (QED) is 0.311. The molecule has 0 saturated heterocycles. The van der Waals surface area contributed by atoms with Crippen LogP contribution in [0.5, 0.6) is 0 Å². The van der Waals surface area contributed by atoms with Crippen molar-refractivity contribution in [2.24, 2.45) is 0 Å². The van der Waals surface area contributed by atoms with E-state index in [-0.39, 0.29) is 10.0 Å². The molecule has 186 valence electrons. The molecular formula is C20H17Cl3N3O6S3+. The van der Waals surface area contributed by atoms with E-state index in [4.69, 9.17) is 34.8 Å². The zero-order valence-corrected chi connectivity index (χ0v) is 22.5. The van der Waals surface area contributed by atoms with E-state index >= 15 is 0 Å². The number of rotatable bonds is 6. The first-order valence-corrected chi connectivity index (χ1v) is 14.8. The molecule has 0 saturated carbocycles. The lowest BCUT2D eigenvalue weighted by Crippen LogP contribution is -2.38. The molecule has 4 rings (SSSR count). The molecule has 9 nitrogen and oxygen atoms in total. The molecule has 0 amide bonds. The second-order valence-electron chi connectivity index (χ2n) is 7.53. The van der Waals surface area contributed by atoms with E-state index < -0.39 is 32.0 Å². The highest BCUT2D eigenvalue weighted by atomic mass is 35.5.